The molecule has 2 rings (SSSR count). The van der Waals surface area contributed by atoms with Crippen LogP contribution >= 0.6 is 11.6 Å². The minimum Gasteiger partial charge on any atom is -0.382 e. The van der Waals surface area contributed by atoms with Crippen LogP contribution in [-0.2, 0) is 9.53 Å². The van der Waals surface area contributed by atoms with Gasteiger partial charge in [-0.1, -0.05) is 42.5 Å². The van der Waals surface area contributed by atoms with E-state index in [0.29, 0.717) is 18.6 Å². The number of hydrogen-bond acceptors (Lipinski definition) is 2. The highest BCUT2D eigenvalue weighted by Gasteiger charge is 2.35. The van der Waals surface area contributed by atoms with Crippen LogP contribution in [0.5, 0.6) is 0 Å². The number of halogens is 1. The predicted molar refractivity (Wildman–Crippen MR) is 73.6 cm³/mol. The summed E-state index contributed by atoms with van der Waals surface area (Å²) in [6.07, 6.45) is 5.08. The maximum Gasteiger partial charge on any atom is 0.146 e. The number of allylic oxidation sites excluding steroid dienone is 3. The van der Waals surface area contributed by atoms with Crippen LogP contribution in [-0.4, -0.2) is 24.9 Å². The fraction of sp³-hybridized carbons (Fsp3) is 0.267. The Morgan fingerprint density at radius 3 is 2.67 bits per heavy atom. The third kappa shape index (κ3) is 2.55. The summed E-state index contributed by atoms with van der Waals surface area (Å²) in [7, 11) is 1.62. The minimum atomic E-state index is -0.666. The Hall–Kier alpha value is -1.38. The maximum atomic E-state index is 10.9. The van der Waals surface area contributed by atoms with Crippen LogP contribution in [0.2, 0.25) is 0 Å². The molecule has 0 bridgehead atoms. The van der Waals surface area contributed by atoms with Crippen LogP contribution < -0.4 is 0 Å². The first kappa shape index (κ1) is 13.1. The van der Waals surface area contributed by atoms with Crippen molar-refractivity contribution in [2.24, 2.45) is 0 Å². The van der Waals surface area contributed by atoms with Crippen molar-refractivity contribution in [1.82, 2.24) is 0 Å². The number of carbonyl (C=O) groups is 1. The Bertz CT molecular complexity index is 490. The standard InChI is InChI=1S/C15H15ClO2/c1-18-11-15(16)9-12(10-17)7-8-14(15)13-5-3-2-4-6-13/h2-8,10H,9,11H2,1H3. The number of aldehydes is 1. The number of rotatable bonds is 4. The van der Waals surface area contributed by atoms with E-state index in [-0.39, 0.29) is 0 Å². The highest BCUT2D eigenvalue weighted by molar-refractivity contribution is 6.31. The Morgan fingerprint density at radius 2 is 2.06 bits per heavy atom. The lowest BCUT2D eigenvalue weighted by Crippen LogP contribution is -2.31. The maximum absolute atomic E-state index is 10.9. The van der Waals surface area contributed by atoms with Crippen LogP contribution in [0.3, 0.4) is 0 Å². The molecule has 1 aromatic carbocycles. The second-order valence-corrected chi connectivity index (χ2v) is 5.10. The molecule has 0 fully saturated rings. The Morgan fingerprint density at radius 1 is 1.33 bits per heavy atom. The largest absolute Gasteiger partial charge is 0.382 e. The summed E-state index contributed by atoms with van der Waals surface area (Å²) in [6.45, 7) is 0.375. The summed E-state index contributed by atoms with van der Waals surface area (Å²) < 4.78 is 5.21. The van der Waals surface area contributed by atoms with Crippen molar-refractivity contribution in [2.75, 3.05) is 13.7 Å². The summed E-state index contributed by atoms with van der Waals surface area (Å²) in [6, 6.07) is 9.93. The lowest BCUT2D eigenvalue weighted by atomic mass is 9.83. The SMILES string of the molecule is COCC1(Cl)CC(C=O)=CC=C1c1ccccc1. The van der Waals surface area contributed by atoms with E-state index >= 15 is 0 Å². The number of carbonyl (C=O) groups excluding carboxylic acids is 1. The van der Waals surface area contributed by atoms with Gasteiger partial charge in [0.15, 0.2) is 0 Å². The molecule has 0 amide bonds. The molecule has 0 saturated heterocycles. The van der Waals surface area contributed by atoms with Crippen LogP contribution in [0.4, 0.5) is 0 Å². The van der Waals surface area contributed by atoms with Gasteiger partial charge in [-0.3, -0.25) is 4.79 Å². The molecule has 0 aromatic heterocycles. The molecule has 0 radical (unpaired) electrons. The van der Waals surface area contributed by atoms with Gasteiger partial charge in [-0.2, -0.15) is 0 Å². The fourth-order valence-electron chi connectivity index (χ4n) is 2.23. The van der Waals surface area contributed by atoms with E-state index in [1.165, 1.54) is 0 Å². The monoisotopic (exact) mass is 262 g/mol. The highest BCUT2D eigenvalue weighted by Crippen LogP contribution is 2.41. The quantitative estimate of drug-likeness (QED) is 0.615. The number of benzene rings is 1. The molecule has 0 aliphatic heterocycles. The number of hydrogen-bond donors (Lipinski definition) is 0. The molecule has 0 saturated carbocycles. The lowest BCUT2D eigenvalue weighted by Gasteiger charge is -2.32. The van der Waals surface area contributed by atoms with Crippen LogP contribution in [0.1, 0.15) is 12.0 Å². The first-order valence-electron chi connectivity index (χ1n) is 5.79. The first-order valence-corrected chi connectivity index (χ1v) is 6.17. The van der Waals surface area contributed by atoms with Crippen molar-refractivity contribution < 1.29 is 9.53 Å². The average Bonchev–Trinajstić information content (AvgIpc) is 2.39. The summed E-state index contributed by atoms with van der Waals surface area (Å²) >= 11 is 6.66. The van der Waals surface area contributed by atoms with Gasteiger partial charge in [0, 0.05) is 13.5 Å². The molecule has 3 heteroatoms. The molecule has 1 aliphatic carbocycles. The zero-order chi connectivity index (χ0) is 13.0. The molecule has 0 N–H and O–H groups in total. The smallest absolute Gasteiger partial charge is 0.146 e. The second kappa shape index (κ2) is 5.51. The predicted octanol–water partition coefficient (Wildman–Crippen LogP) is 3.22. The number of alkyl halides is 1. The molecule has 1 unspecified atom stereocenters. The van der Waals surface area contributed by atoms with Crippen molar-refractivity contribution >= 4 is 23.5 Å². The lowest BCUT2D eigenvalue weighted by molar-refractivity contribution is -0.105. The number of methoxy groups -OCH3 is 1. The third-order valence-corrected chi connectivity index (χ3v) is 3.49. The van der Waals surface area contributed by atoms with E-state index in [1.54, 1.807) is 7.11 Å². The van der Waals surface area contributed by atoms with Crippen molar-refractivity contribution in [3.8, 4) is 0 Å². The molecular formula is C15H15ClO2. The summed E-state index contributed by atoms with van der Waals surface area (Å²) in [5, 5.41) is 0. The normalized spacial score (nSPS) is 23.2. The zero-order valence-corrected chi connectivity index (χ0v) is 11.0. The molecule has 1 aromatic rings. The van der Waals surface area contributed by atoms with Crippen LogP contribution in [0.25, 0.3) is 5.57 Å². The van der Waals surface area contributed by atoms with Crippen molar-refractivity contribution in [2.45, 2.75) is 11.3 Å². The number of ether oxygens (including phenoxy) is 1. The second-order valence-electron chi connectivity index (χ2n) is 4.38. The molecule has 0 heterocycles. The van der Waals surface area contributed by atoms with Gasteiger partial charge in [0.05, 0.1) is 11.5 Å². The summed E-state index contributed by atoms with van der Waals surface area (Å²) in [4.78, 5) is 10.2. The van der Waals surface area contributed by atoms with Crippen molar-refractivity contribution in [3.63, 3.8) is 0 Å². The van der Waals surface area contributed by atoms with Gasteiger partial charge >= 0.3 is 0 Å². The first-order chi connectivity index (χ1) is 8.69. The highest BCUT2D eigenvalue weighted by atomic mass is 35.5. The zero-order valence-electron chi connectivity index (χ0n) is 10.2. The van der Waals surface area contributed by atoms with Gasteiger partial charge in [0.1, 0.15) is 6.29 Å². The summed E-state index contributed by atoms with van der Waals surface area (Å²) in [5.74, 6) is 0. The van der Waals surface area contributed by atoms with Crippen LogP contribution in [0, 0.1) is 0 Å². The van der Waals surface area contributed by atoms with Crippen molar-refractivity contribution in [1.29, 1.82) is 0 Å². The fourth-order valence-corrected chi connectivity index (χ4v) is 2.66. The van der Waals surface area contributed by atoms with Gasteiger partial charge in [0.2, 0.25) is 0 Å². The minimum absolute atomic E-state index is 0.375. The summed E-state index contributed by atoms with van der Waals surface area (Å²) in [5.41, 5.74) is 2.75. The molecule has 1 atom stereocenters. The third-order valence-electron chi connectivity index (χ3n) is 3.04. The van der Waals surface area contributed by atoms with Gasteiger partial charge < -0.3 is 4.74 Å². The van der Waals surface area contributed by atoms with Gasteiger partial charge in [-0.15, -0.1) is 11.6 Å². The molecule has 18 heavy (non-hydrogen) atoms. The van der Waals surface area contributed by atoms with Gasteiger partial charge in [-0.25, -0.2) is 0 Å². The topological polar surface area (TPSA) is 26.3 Å². The molecule has 94 valence electrons. The Kier molecular flexibility index (Phi) is 4.00. The molecule has 2 nitrogen and oxygen atoms in total. The van der Waals surface area contributed by atoms with E-state index in [2.05, 4.69) is 0 Å². The van der Waals surface area contributed by atoms with E-state index in [4.69, 9.17) is 16.3 Å². The Balaban J connectivity index is 2.44. The van der Waals surface area contributed by atoms with Crippen LogP contribution in [0.15, 0.2) is 48.1 Å². The van der Waals surface area contributed by atoms with Gasteiger partial charge in [0.25, 0.3) is 0 Å². The Labute approximate surface area is 112 Å². The average molecular weight is 263 g/mol. The molecular weight excluding hydrogens is 248 g/mol. The molecule has 0 spiro atoms. The van der Waals surface area contributed by atoms with E-state index < -0.39 is 4.87 Å². The van der Waals surface area contributed by atoms with E-state index in [0.717, 1.165) is 17.4 Å². The molecule has 1 aliphatic rings. The van der Waals surface area contributed by atoms with E-state index in [1.807, 2.05) is 42.5 Å². The van der Waals surface area contributed by atoms with Crippen molar-refractivity contribution in [3.05, 3.63) is 53.6 Å². The van der Waals surface area contributed by atoms with E-state index in [9.17, 15) is 4.79 Å². The van der Waals surface area contributed by atoms with Gasteiger partial charge in [-0.05, 0) is 16.7 Å².